The second-order valence-corrected chi connectivity index (χ2v) is 3.69. The molecule has 13 heavy (non-hydrogen) atoms. The van der Waals surface area contributed by atoms with Crippen LogP contribution < -0.4 is 4.57 Å². The second-order valence-electron chi connectivity index (χ2n) is 2.48. The fourth-order valence-corrected chi connectivity index (χ4v) is 1.45. The molecule has 0 spiro atoms. The minimum atomic E-state index is -4.34. The van der Waals surface area contributed by atoms with Gasteiger partial charge < -0.3 is 0 Å². The number of pyridine rings is 1. The minimum Gasteiger partial charge on any atom is -0.190 e. The molecule has 0 unspecified atom stereocenters. The average Bonchev–Trinajstić information content (AvgIpc) is 1.97. The van der Waals surface area contributed by atoms with E-state index >= 15 is 0 Å². The zero-order valence-electron chi connectivity index (χ0n) is 6.49. The van der Waals surface area contributed by atoms with Gasteiger partial charge in [0.15, 0.2) is 6.20 Å². The third kappa shape index (κ3) is 2.34. The highest BCUT2D eigenvalue weighted by atomic mass is 79.9. The lowest BCUT2D eigenvalue weighted by atomic mass is 10.3. The first-order valence-corrected chi connectivity index (χ1v) is 4.41. The van der Waals surface area contributed by atoms with Crippen LogP contribution >= 0.6 is 27.5 Å². The molecular weight excluding hydrogens is 270 g/mol. The Balaban J connectivity index is 3.29. The standard InChI is InChI=1S/C7H5BrClF3N/c1-13-3-4(7(10,11)12)2-5(8)6(13)9/h2-3H,1H3/q+1. The predicted octanol–water partition coefficient (Wildman–Crippen LogP) is 2.95. The normalized spacial score (nSPS) is 11.8. The lowest BCUT2D eigenvalue weighted by Gasteiger charge is -2.05. The largest absolute Gasteiger partial charge is 0.422 e. The molecule has 0 aliphatic heterocycles. The Morgan fingerprint density at radius 3 is 2.38 bits per heavy atom. The smallest absolute Gasteiger partial charge is 0.190 e. The van der Waals surface area contributed by atoms with E-state index in [1.807, 2.05) is 0 Å². The SMILES string of the molecule is C[n+]1cc(C(F)(F)F)cc(Br)c1Cl. The molecule has 0 radical (unpaired) electrons. The fourth-order valence-electron chi connectivity index (χ4n) is 0.822. The van der Waals surface area contributed by atoms with Crippen molar-refractivity contribution >= 4 is 27.5 Å². The van der Waals surface area contributed by atoms with Gasteiger partial charge in [-0.25, -0.2) is 0 Å². The van der Waals surface area contributed by atoms with Crippen molar-refractivity contribution < 1.29 is 17.7 Å². The molecule has 0 aromatic carbocycles. The van der Waals surface area contributed by atoms with Gasteiger partial charge in [0.2, 0.25) is 0 Å². The molecule has 6 heteroatoms. The van der Waals surface area contributed by atoms with Gasteiger partial charge in [-0.15, -0.1) is 0 Å². The van der Waals surface area contributed by atoms with Crippen LogP contribution in [-0.4, -0.2) is 0 Å². The summed E-state index contributed by atoms with van der Waals surface area (Å²) in [6, 6.07) is 0.947. The molecule has 1 aromatic heterocycles. The summed E-state index contributed by atoms with van der Waals surface area (Å²) in [7, 11) is 1.45. The lowest BCUT2D eigenvalue weighted by molar-refractivity contribution is -0.670. The summed E-state index contributed by atoms with van der Waals surface area (Å²) in [5.74, 6) is 0. The highest BCUT2D eigenvalue weighted by Crippen LogP contribution is 2.31. The van der Waals surface area contributed by atoms with Crippen LogP contribution in [0.25, 0.3) is 0 Å². The Labute approximate surface area is 86.3 Å². The fraction of sp³-hybridized carbons (Fsp3) is 0.286. The molecule has 1 rings (SSSR count). The zero-order valence-corrected chi connectivity index (χ0v) is 8.83. The highest BCUT2D eigenvalue weighted by Gasteiger charge is 2.34. The van der Waals surface area contributed by atoms with Gasteiger partial charge in [-0.1, -0.05) is 0 Å². The van der Waals surface area contributed by atoms with Gasteiger partial charge in [0.1, 0.15) is 17.1 Å². The van der Waals surface area contributed by atoms with Gasteiger partial charge in [-0.3, -0.25) is 0 Å². The molecule has 1 aromatic rings. The molecule has 0 fully saturated rings. The third-order valence-corrected chi connectivity index (χ3v) is 2.75. The third-order valence-electron chi connectivity index (χ3n) is 1.45. The molecule has 0 N–H and O–H groups in total. The summed E-state index contributed by atoms with van der Waals surface area (Å²) < 4.78 is 38.0. The number of rotatable bonds is 0. The highest BCUT2D eigenvalue weighted by molar-refractivity contribution is 9.10. The Kier molecular flexibility index (Phi) is 2.87. The van der Waals surface area contributed by atoms with Crippen LogP contribution in [0.4, 0.5) is 13.2 Å². The Bertz CT molecular complexity index is 314. The van der Waals surface area contributed by atoms with Gasteiger partial charge in [-0.05, 0) is 33.6 Å². The van der Waals surface area contributed by atoms with Crippen molar-refractivity contribution in [2.45, 2.75) is 6.18 Å². The molecule has 0 atom stereocenters. The van der Waals surface area contributed by atoms with E-state index < -0.39 is 11.7 Å². The molecule has 1 nitrogen and oxygen atoms in total. The quantitative estimate of drug-likeness (QED) is 0.506. The van der Waals surface area contributed by atoms with E-state index in [-0.39, 0.29) is 9.63 Å². The summed E-state index contributed by atoms with van der Waals surface area (Å²) in [4.78, 5) is 0. The van der Waals surface area contributed by atoms with Crippen LogP contribution in [0.3, 0.4) is 0 Å². The van der Waals surface area contributed by atoms with E-state index in [0.717, 1.165) is 12.3 Å². The lowest BCUT2D eigenvalue weighted by Crippen LogP contribution is -2.31. The molecule has 0 saturated carbocycles. The van der Waals surface area contributed by atoms with Gasteiger partial charge in [0.25, 0.3) is 5.15 Å². The van der Waals surface area contributed by atoms with E-state index in [1.165, 1.54) is 11.6 Å². The van der Waals surface area contributed by atoms with Crippen molar-refractivity contribution in [2.24, 2.45) is 7.05 Å². The van der Waals surface area contributed by atoms with Crippen molar-refractivity contribution in [3.8, 4) is 0 Å². The van der Waals surface area contributed by atoms with Crippen LogP contribution in [-0.2, 0) is 13.2 Å². The van der Waals surface area contributed by atoms with Gasteiger partial charge in [-0.2, -0.15) is 17.7 Å². The van der Waals surface area contributed by atoms with E-state index in [1.54, 1.807) is 0 Å². The van der Waals surface area contributed by atoms with E-state index in [4.69, 9.17) is 11.6 Å². The maximum Gasteiger partial charge on any atom is 0.422 e. The molecule has 0 aliphatic rings. The summed E-state index contributed by atoms with van der Waals surface area (Å²) in [5, 5.41) is 0.230. The minimum absolute atomic E-state index is 0.228. The molecule has 1 heterocycles. The number of hydrogen-bond acceptors (Lipinski definition) is 0. The number of halogens is 5. The van der Waals surface area contributed by atoms with E-state index in [2.05, 4.69) is 15.9 Å². The number of aryl methyl sites for hydroxylation is 1. The number of nitrogens with zero attached hydrogens (tertiary/aromatic N) is 1. The number of alkyl halides is 3. The maximum absolute atomic E-state index is 12.2. The van der Waals surface area contributed by atoms with E-state index in [9.17, 15) is 13.2 Å². The Morgan fingerprint density at radius 2 is 2.00 bits per heavy atom. The molecule has 0 aliphatic carbocycles. The van der Waals surface area contributed by atoms with Crippen molar-refractivity contribution in [2.75, 3.05) is 0 Å². The van der Waals surface area contributed by atoms with Crippen molar-refractivity contribution in [1.29, 1.82) is 0 Å². The Morgan fingerprint density at radius 1 is 1.46 bits per heavy atom. The summed E-state index contributed by atoms with van der Waals surface area (Å²) >= 11 is 8.59. The first-order chi connectivity index (χ1) is 5.82. The van der Waals surface area contributed by atoms with Crippen molar-refractivity contribution in [1.82, 2.24) is 0 Å². The zero-order chi connectivity index (χ0) is 10.2. The topological polar surface area (TPSA) is 3.88 Å². The summed E-state index contributed by atoms with van der Waals surface area (Å²) in [6.45, 7) is 0. The molecule has 0 bridgehead atoms. The van der Waals surface area contributed by atoms with Crippen molar-refractivity contribution in [3.05, 3.63) is 27.5 Å². The number of aromatic nitrogens is 1. The van der Waals surface area contributed by atoms with Crippen LogP contribution in [0, 0.1) is 0 Å². The first kappa shape index (κ1) is 10.8. The molecule has 0 saturated heterocycles. The molecule has 0 amide bonds. The van der Waals surface area contributed by atoms with Gasteiger partial charge in [0, 0.05) is 0 Å². The summed E-state index contributed by atoms with van der Waals surface area (Å²) in [5.41, 5.74) is -0.730. The average molecular weight is 275 g/mol. The monoisotopic (exact) mass is 274 g/mol. The van der Waals surface area contributed by atoms with Gasteiger partial charge in [0.05, 0.1) is 0 Å². The first-order valence-electron chi connectivity index (χ1n) is 3.24. The van der Waals surface area contributed by atoms with E-state index in [0.29, 0.717) is 0 Å². The predicted molar refractivity (Wildman–Crippen MR) is 45.3 cm³/mol. The van der Waals surface area contributed by atoms with Gasteiger partial charge >= 0.3 is 6.18 Å². The van der Waals surface area contributed by atoms with Crippen molar-refractivity contribution in [3.63, 3.8) is 0 Å². The number of hydrogen-bond donors (Lipinski definition) is 0. The summed E-state index contributed by atoms with van der Waals surface area (Å²) in [6.07, 6.45) is -3.40. The maximum atomic E-state index is 12.2. The van der Waals surface area contributed by atoms with Crippen LogP contribution in [0.1, 0.15) is 5.56 Å². The van der Waals surface area contributed by atoms with Crippen LogP contribution in [0.15, 0.2) is 16.7 Å². The Hall–Kier alpha value is -0.290. The molecule has 72 valence electrons. The van der Waals surface area contributed by atoms with Crippen LogP contribution in [0.2, 0.25) is 5.15 Å². The van der Waals surface area contributed by atoms with Crippen LogP contribution in [0.5, 0.6) is 0 Å². The molecular formula is C7H5BrClF3N+. The second kappa shape index (κ2) is 3.46.